The Morgan fingerprint density at radius 3 is 2.79 bits per heavy atom. The molecule has 2 N–H and O–H groups in total. The summed E-state index contributed by atoms with van der Waals surface area (Å²) in [5.41, 5.74) is 5.84. The third kappa shape index (κ3) is 3.22. The number of rotatable bonds is 5. The van der Waals surface area contributed by atoms with Crippen LogP contribution in [0.1, 0.15) is 6.92 Å². The van der Waals surface area contributed by atoms with Crippen molar-refractivity contribution in [3.8, 4) is 5.75 Å². The molecule has 0 atom stereocenters. The van der Waals surface area contributed by atoms with E-state index in [4.69, 9.17) is 15.2 Å². The predicted octanol–water partition coefficient (Wildman–Crippen LogP) is 1.82. The van der Waals surface area contributed by atoms with Crippen LogP contribution in [-0.2, 0) is 4.74 Å². The standard InChI is InChI=1S/C10H14FNO2/c1-2-13-5-6-14-10-4-3-8(11)7-9(10)12/h3-4,7H,2,5-6,12H2,1H3. The van der Waals surface area contributed by atoms with Gasteiger partial charge in [-0.15, -0.1) is 0 Å². The number of hydrogen-bond donors (Lipinski definition) is 1. The number of hydrogen-bond acceptors (Lipinski definition) is 3. The third-order valence-electron chi connectivity index (χ3n) is 1.66. The highest BCUT2D eigenvalue weighted by molar-refractivity contribution is 5.52. The Morgan fingerprint density at radius 2 is 2.14 bits per heavy atom. The Bertz CT molecular complexity index is 291. The number of benzene rings is 1. The molecule has 0 spiro atoms. The van der Waals surface area contributed by atoms with Crippen LogP contribution in [0.2, 0.25) is 0 Å². The molecule has 3 nitrogen and oxygen atoms in total. The van der Waals surface area contributed by atoms with Crippen LogP contribution in [0.3, 0.4) is 0 Å². The van der Waals surface area contributed by atoms with Crippen molar-refractivity contribution in [3.05, 3.63) is 24.0 Å². The van der Waals surface area contributed by atoms with E-state index in [0.717, 1.165) is 0 Å². The fraction of sp³-hybridized carbons (Fsp3) is 0.400. The van der Waals surface area contributed by atoms with Gasteiger partial charge < -0.3 is 15.2 Å². The molecule has 1 aromatic carbocycles. The van der Waals surface area contributed by atoms with Crippen molar-refractivity contribution in [1.82, 2.24) is 0 Å². The lowest BCUT2D eigenvalue weighted by atomic mass is 10.3. The van der Waals surface area contributed by atoms with E-state index < -0.39 is 0 Å². The summed E-state index contributed by atoms with van der Waals surface area (Å²) in [4.78, 5) is 0. The van der Waals surface area contributed by atoms with Crippen molar-refractivity contribution in [2.75, 3.05) is 25.6 Å². The van der Waals surface area contributed by atoms with Crippen molar-refractivity contribution in [2.24, 2.45) is 0 Å². The number of ether oxygens (including phenoxy) is 2. The minimum absolute atomic E-state index is 0.307. The van der Waals surface area contributed by atoms with Crippen molar-refractivity contribution in [1.29, 1.82) is 0 Å². The fourth-order valence-electron chi connectivity index (χ4n) is 1.01. The van der Waals surface area contributed by atoms with E-state index >= 15 is 0 Å². The van der Waals surface area contributed by atoms with Crippen molar-refractivity contribution >= 4 is 5.69 Å². The number of nitrogens with two attached hydrogens (primary N) is 1. The zero-order chi connectivity index (χ0) is 10.4. The summed E-state index contributed by atoms with van der Waals surface area (Å²) in [5.74, 6) is 0.130. The van der Waals surface area contributed by atoms with Gasteiger partial charge in [0, 0.05) is 12.7 Å². The van der Waals surface area contributed by atoms with E-state index in [2.05, 4.69) is 0 Å². The summed E-state index contributed by atoms with van der Waals surface area (Å²) in [7, 11) is 0. The van der Waals surface area contributed by atoms with Gasteiger partial charge in [0.2, 0.25) is 0 Å². The lowest BCUT2D eigenvalue weighted by Crippen LogP contribution is -2.07. The lowest BCUT2D eigenvalue weighted by molar-refractivity contribution is 0.110. The summed E-state index contributed by atoms with van der Waals surface area (Å²) in [5, 5.41) is 0. The topological polar surface area (TPSA) is 44.5 Å². The minimum Gasteiger partial charge on any atom is -0.489 e. The maximum absolute atomic E-state index is 12.6. The lowest BCUT2D eigenvalue weighted by Gasteiger charge is -2.08. The van der Waals surface area contributed by atoms with E-state index in [1.165, 1.54) is 18.2 Å². The van der Waals surface area contributed by atoms with Crippen molar-refractivity contribution in [3.63, 3.8) is 0 Å². The molecule has 0 heterocycles. The average molecular weight is 199 g/mol. The van der Waals surface area contributed by atoms with Gasteiger partial charge in [-0.25, -0.2) is 4.39 Å². The number of halogens is 1. The second-order valence-corrected chi connectivity index (χ2v) is 2.73. The maximum atomic E-state index is 12.6. The first kappa shape index (κ1) is 10.8. The molecule has 0 amide bonds. The molecule has 0 aliphatic rings. The highest BCUT2D eigenvalue weighted by Crippen LogP contribution is 2.21. The average Bonchev–Trinajstić information content (AvgIpc) is 2.15. The summed E-state index contributed by atoms with van der Waals surface area (Å²) in [6.07, 6.45) is 0. The van der Waals surface area contributed by atoms with Crippen LogP contribution in [-0.4, -0.2) is 19.8 Å². The normalized spacial score (nSPS) is 10.1. The van der Waals surface area contributed by atoms with Crippen LogP contribution in [0.4, 0.5) is 10.1 Å². The largest absolute Gasteiger partial charge is 0.489 e. The van der Waals surface area contributed by atoms with Crippen LogP contribution < -0.4 is 10.5 Å². The van der Waals surface area contributed by atoms with E-state index in [1.54, 1.807) is 0 Å². The molecular formula is C10H14FNO2. The van der Waals surface area contributed by atoms with E-state index in [9.17, 15) is 4.39 Å². The van der Waals surface area contributed by atoms with Crippen LogP contribution in [0.15, 0.2) is 18.2 Å². The summed E-state index contributed by atoms with van der Waals surface area (Å²) < 4.78 is 23.0. The second-order valence-electron chi connectivity index (χ2n) is 2.73. The molecule has 0 radical (unpaired) electrons. The molecule has 0 saturated heterocycles. The Balaban J connectivity index is 2.42. The maximum Gasteiger partial charge on any atom is 0.142 e. The summed E-state index contributed by atoms with van der Waals surface area (Å²) in [6, 6.07) is 4.05. The molecule has 78 valence electrons. The first-order valence-corrected chi connectivity index (χ1v) is 4.49. The van der Waals surface area contributed by atoms with Crippen LogP contribution in [0.25, 0.3) is 0 Å². The van der Waals surface area contributed by atoms with Gasteiger partial charge in [0.1, 0.15) is 18.2 Å². The zero-order valence-electron chi connectivity index (χ0n) is 8.13. The molecule has 1 aromatic rings. The minimum atomic E-state index is -0.361. The van der Waals surface area contributed by atoms with Crippen molar-refractivity contribution < 1.29 is 13.9 Å². The first-order chi connectivity index (χ1) is 6.74. The molecule has 14 heavy (non-hydrogen) atoms. The molecule has 0 bridgehead atoms. The summed E-state index contributed by atoms with van der Waals surface area (Å²) in [6.45, 7) is 3.49. The van der Waals surface area contributed by atoms with Gasteiger partial charge in [-0.3, -0.25) is 0 Å². The van der Waals surface area contributed by atoms with Crippen LogP contribution >= 0.6 is 0 Å². The quantitative estimate of drug-likeness (QED) is 0.581. The number of nitrogen functional groups attached to an aromatic ring is 1. The second kappa shape index (κ2) is 5.44. The third-order valence-corrected chi connectivity index (χ3v) is 1.66. The van der Waals surface area contributed by atoms with E-state index in [-0.39, 0.29) is 5.82 Å². The molecule has 0 aliphatic heterocycles. The Hall–Kier alpha value is -1.29. The van der Waals surface area contributed by atoms with Gasteiger partial charge in [0.05, 0.1) is 12.3 Å². The Morgan fingerprint density at radius 1 is 1.36 bits per heavy atom. The Kier molecular flexibility index (Phi) is 4.19. The van der Waals surface area contributed by atoms with Gasteiger partial charge in [-0.2, -0.15) is 0 Å². The summed E-state index contributed by atoms with van der Waals surface area (Å²) >= 11 is 0. The van der Waals surface area contributed by atoms with E-state index in [0.29, 0.717) is 31.3 Å². The molecular weight excluding hydrogens is 185 g/mol. The molecule has 1 rings (SSSR count). The first-order valence-electron chi connectivity index (χ1n) is 4.49. The number of anilines is 1. The van der Waals surface area contributed by atoms with Gasteiger partial charge in [0.25, 0.3) is 0 Å². The SMILES string of the molecule is CCOCCOc1ccc(F)cc1N. The van der Waals surface area contributed by atoms with E-state index in [1.807, 2.05) is 6.92 Å². The van der Waals surface area contributed by atoms with Crippen LogP contribution in [0.5, 0.6) is 5.75 Å². The smallest absolute Gasteiger partial charge is 0.142 e. The fourth-order valence-corrected chi connectivity index (χ4v) is 1.01. The van der Waals surface area contributed by atoms with Crippen LogP contribution in [0, 0.1) is 5.82 Å². The molecule has 0 aromatic heterocycles. The molecule has 0 unspecified atom stereocenters. The molecule has 4 heteroatoms. The molecule has 0 aliphatic carbocycles. The predicted molar refractivity (Wildman–Crippen MR) is 52.8 cm³/mol. The van der Waals surface area contributed by atoms with Crippen molar-refractivity contribution in [2.45, 2.75) is 6.92 Å². The van der Waals surface area contributed by atoms with Gasteiger partial charge in [-0.05, 0) is 19.1 Å². The Labute approximate surface area is 82.6 Å². The zero-order valence-corrected chi connectivity index (χ0v) is 8.13. The van der Waals surface area contributed by atoms with Gasteiger partial charge >= 0.3 is 0 Å². The highest BCUT2D eigenvalue weighted by atomic mass is 19.1. The monoisotopic (exact) mass is 199 g/mol. The van der Waals surface area contributed by atoms with Gasteiger partial charge in [0.15, 0.2) is 0 Å². The molecule has 0 fully saturated rings. The highest BCUT2D eigenvalue weighted by Gasteiger charge is 2.00. The van der Waals surface area contributed by atoms with Gasteiger partial charge in [-0.1, -0.05) is 0 Å². The molecule has 0 saturated carbocycles.